The molecule has 0 bridgehead atoms. The van der Waals surface area contributed by atoms with E-state index in [0.717, 1.165) is 16.6 Å². The molecule has 0 N–H and O–H groups in total. The minimum absolute atomic E-state index is 0.632. The predicted molar refractivity (Wildman–Crippen MR) is 68.3 cm³/mol. The first-order valence-corrected chi connectivity index (χ1v) is 6.69. The topological polar surface area (TPSA) is 29.0 Å². The van der Waals surface area contributed by atoms with E-state index in [0.29, 0.717) is 12.1 Å². The van der Waals surface area contributed by atoms with Crippen molar-refractivity contribution in [2.24, 2.45) is 0 Å². The van der Waals surface area contributed by atoms with Crippen molar-refractivity contribution in [1.82, 2.24) is 15.1 Å². The van der Waals surface area contributed by atoms with E-state index in [1.165, 1.54) is 19.4 Å². The highest BCUT2D eigenvalue weighted by Gasteiger charge is 2.26. The van der Waals surface area contributed by atoms with Crippen molar-refractivity contribution in [1.29, 1.82) is 0 Å². The maximum atomic E-state index is 4.19. The Labute approximate surface area is 105 Å². The Morgan fingerprint density at radius 3 is 3.06 bits per heavy atom. The Kier molecular flexibility index (Phi) is 3.92. The van der Waals surface area contributed by atoms with Gasteiger partial charge in [0.2, 0.25) is 0 Å². The average Bonchev–Trinajstić information content (AvgIpc) is 2.66. The van der Waals surface area contributed by atoms with Gasteiger partial charge < -0.3 is 0 Å². The van der Waals surface area contributed by atoms with Gasteiger partial charge in [-0.05, 0) is 55.2 Å². The van der Waals surface area contributed by atoms with Crippen LogP contribution in [-0.2, 0) is 6.42 Å². The fourth-order valence-corrected chi connectivity index (χ4v) is 2.84. The van der Waals surface area contributed by atoms with Gasteiger partial charge in [-0.25, -0.2) is 0 Å². The van der Waals surface area contributed by atoms with Crippen molar-refractivity contribution in [3.8, 4) is 0 Å². The van der Waals surface area contributed by atoms with Crippen LogP contribution in [0.3, 0.4) is 0 Å². The van der Waals surface area contributed by atoms with E-state index in [4.69, 9.17) is 0 Å². The standard InChI is InChI=1S/C12H18BrN3/c1-9(2)16-5-3-4-12(16)7-11-6-10(13)8-14-15-11/h6,8-9,12H,3-5,7H2,1-2H3. The van der Waals surface area contributed by atoms with Crippen LogP contribution in [0.25, 0.3) is 0 Å². The van der Waals surface area contributed by atoms with Crippen molar-refractivity contribution in [2.75, 3.05) is 6.54 Å². The van der Waals surface area contributed by atoms with Gasteiger partial charge in [-0.3, -0.25) is 4.90 Å². The molecule has 4 heteroatoms. The van der Waals surface area contributed by atoms with Crippen LogP contribution in [0.15, 0.2) is 16.7 Å². The summed E-state index contributed by atoms with van der Waals surface area (Å²) in [5.41, 5.74) is 1.09. The summed E-state index contributed by atoms with van der Waals surface area (Å²) in [6.45, 7) is 5.76. The lowest BCUT2D eigenvalue weighted by molar-refractivity contribution is 0.201. The number of likely N-dealkylation sites (tertiary alicyclic amines) is 1. The van der Waals surface area contributed by atoms with Crippen LogP contribution in [0, 0.1) is 0 Å². The fourth-order valence-electron chi connectivity index (χ4n) is 2.48. The lowest BCUT2D eigenvalue weighted by atomic mass is 10.1. The average molecular weight is 284 g/mol. The van der Waals surface area contributed by atoms with E-state index in [9.17, 15) is 0 Å². The Hall–Kier alpha value is -0.480. The van der Waals surface area contributed by atoms with Gasteiger partial charge in [0.1, 0.15) is 0 Å². The summed E-state index contributed by atoms with van der Waals surface area (Å²) >= 11 is 3.44. The molecule has 2 heterocycles. The van der Waals surface area contributed by atoms with E-state index < -0.39 is 0 Å². The van der Waals surface area contributed by atoms with E-state index in [1.807, 2.05) is 0 Å². The van der Waals surface area contributed by atoms with Gasteiger partial charge >= 0.3 is 0 Å². The summed E-state index contributed by atoms with van der Waals surface area (Å²) in [5.74, 6) is 0. The van der Waals surface area contributed by atoms with Gasteiger partial charge in [0, 0.05) is 23.0 Å². The quantitative estimate of drug-likeness (QED) is 0.854. The Balaban J connectivity index is 2.04. The SMILES string of the molecule is CC(C)N1CCCC1Cc1cc(Br)cnn1. The second-order valence-corrected chi connectivity index (χ2v) is 5.61. The molecule has 1 aliphatic rings. The van der Waals surface area contributed by atoms with Crippen LogP contribution >= 0.6 is 15.9 Å². The molecule has 1 unspecified atom stereocenters. The summed E-state index contributed by atoms with van der Waals surface area (Å²) in [5, 5.41) is 8.17. The molecule has 1 fully saturated rings. The molecule has 1 aliphatic heterocycles. The van der Waals surface area contributed by atoms with Crippen molar-refractivity contribution in [2.45, 2.75) is 45.2 Å². The van der Waals surface area contributed by atoms with Gasteiger partial charge in [-0.2, -0.15) is 10.2 Å². The molecular formula is C12H18BrN3. The third-order valence-corrected chi connectivity index (χ3v) is 3.64. The van der Waals surface area contributed by atoms with Crippen molar-refractivity contribution >= 4 is 15.9 Å². The zero-order valence-electron chi connectivity index (χ0n) is 9.86. The Morgan fingerprint density at radius 2 is 2.38 bits per heavy atom. The zero-order chi connectivity index (χ0) is 11.5. The lowest BCUT2D eigenvalue weighted by Gasteiger charge is -2.27. The first-order chi connectivity index (χ1) is 7.66. The molecule has 0 amide bonds. The van der Waals surface area contributed by atoms with Gasteiger partial charge in [0.15, 0.2) is 0 Å². The maximum absolute atomic E-state index is 4.19. The second kappa shape index (κ2) is 5.23. The number of rotatable bonds is 3. The lowest BCUT2D eigenvalue weighted by Crippen LogP contribution is -2.36. The van der Waals surface area contributed by atoms with Gasteiger partial charge in [-0.15, -0.1) is 0 Å². The Morgan fingerprint density at radius 1 is 1.56 bits per heavy atom. The summed E-state index contributed by atoms with van der Waals surface area (Å²) in [7, 11) is 0. The number of hydrogen-bond donors (Lipinski definition) is 0. The molecule has 88 valence electrons. The predicted octanol–water partition coefficient (Wildman–Crippen LogP) is 2.65. The van der Waals surface area contributed by atoms with Crippen LogP contribution in [0.2, 0.25) is 0 Å². The highest BCUT2D eigenvalue weighted by atomic mass is 79.9. The number of hydrogen-bond acceptors (Lipinski definition) is 3. The summed E-state index contributed by atoms with van der Waals surface area (Å²) in [6.07, 6.45) is 5.35. The third-order valence-electron chi connectivity index (χ3n) is 3.20. The van der Waals surface area contributed by atoms with Gasteiger partial charge in [-0.1, -0.05) is 0 Å². The molecule has 3 nitrogen and oxygen atoms in total. The second-order valence-electron chi connectivity index (χ2n) is 4.70. The van der Waals surface area contributed by atoms with E-state index >= 15 is 0 Å². The van der Waals surface area contributed by atoms with Crippen molar-refractivity contribution in [3.05, 3.63) is 22.4 Å². The summed E-state index contributed by atoms with van der Waals surface area (Å²) in [6, 6.07) is 3.35. The first kappa shape index (κ1) is 12.0. The Bertz CT molecular complexity index is 354. The molecule has 1 atom stereocenters. The van der Waals surface area contributed by atoms with Crippen LogP contribution in [-0.4, -0.2) is 33.7 Å². The molecule has 0 saturated carbocycles. The monoisotopic (exact) mass is 283 g/mol. The number of halogens is 1. The van der Waals surface area contributed by atoms with Crippen molar-refractivity contribution < 1.29 is 0 Å². The largest absolute Gasteiger partial charge is 0.298 e. The molecule has 2 rings (SSSR count). The van der Waals surface area contributed by atoms with Crippen molar-refractivity contribution in [3.63, 3.8) is 0 Å². The molecule has 0 spiro atoms. The molecule has 1 saturated heterocycles. The van der Waals surface area contributed by atoms with E-state index in [2.05, 4.69) is 50.9 Å². The maximum Gasteiger partial charge on any atom is 0.0657 e. The first-order valence-electron chi connectivity index (χ1n) is 5.89. The third kappa shape index (κ3) is 2.80. The highest BCUT2D eigenvalue weighted by molar-refractivity contribution is 9.10. The fraction of sp³-hybridized carbons (Fsp3) is 0.667. The number of aromatic nitrogens is 2. The zero-order valence-corrected chi connectivity index (χ0v) is 11.4. The molecular weight excluding hydrogens is 266 g/mol. The van der Waals surface area contributed by atoms with E-state index in [1.54, 1.807) is 6.20 Å². The van der Waals surface area contributed by atoms with Crippen LogP contribution in [0.4, 0.5) is 0 Å². The van der Waals surface area contributed by atoms with Gasteiger partial charge in [0.25, 0.3) is 0 Å². The molecule has 16 heavy (non-hydrogen) atoms. The number of nitrogens with zero attached hydrogens (tertiary/aromatic N) is 3. The minimum Gasteiger partial charge on any atom is -0.298 e. The smallest absolute Gasteiger partial charge is 0.0657 e. The minimum atomic E-state index is 0.632. The molecule has 0 aliphatic carbocycles. The molecule has 1 aromatic heterocycles. The van der Waals surface area contributed by atoms with Crippen LogP contribution in [0.1, 0.15) is 32.4 Å². The summed E-state index contributed by atoms with van der Waals surface area (Å²) in [4.78, 5) is 2.57. The van der Waals surface area contributed by atoms with E-state index in [-0.39, 0.29) is 0 Å². The van der Waals surface area contributed by atoms with Gasteiger partial charge in [0.05, 0.1) is 11.9 Å². The summed E-state index contributed by atoms with van der Waals surface area (Å²) < 4.78 is 1.02. The normalized spacial score (nSPS) is 21.9. The van der Waals surface area contributed by atoms with Crippen LogP contribution in [0.5, 0.6) is 0 Å². The molecule has 0 aromatic carbocycles. The molecule has 1 aromatic rings. The van der Waals surface area contributed by atoms with Crippen LogP contribution < -0.4 is 0 Å². The highest BCUT2D eigenvalue weighted by Crippen LogP contribution is 2.23. The molecule has 0 radical (unpaired) electrons.